The van der Waals surface area contributed by atoms with Crippen LogP contribution in [0, 0.1) is 17.6 Å². The van der Waals surface area contributed by atoms with Gasteiger partial charge in [0.15, 0.2) is 17.5 Å². The number of aryl methyl sites for hydroxylation is 2. The molecule has 0 bridgehead atoms. The Balaban J connectivity index is 0.979. The van der Waals surface area contributed by atoms with Gasteiger partial charge in [0.05, 0.1) is 31.3 Å². The summed E-state index contributed by atoms with van der Waals surface area (Å²) in [4.78, 5) is 62.9. The molecule has 2 saturated heterocycles. The maximum absolute atomic E-state index is 16.7. The number of benzene rings is 2. The minimum atomic E-state index is -0.590. The predicted octanol–water partition coefficient (Wildman–Crippen LogP) is 5.89. The van der Waals surface area contributed by atoms with Crippen LogP contribution in [-0.2, 0) is 27.3 Å². The molecule has 3 aliphatic heterocycles. The fraction of sp³-hybridized carbons (Fsp3) is 0.400. The van der Waals surface area contributed by atoms with Crippen LogP contribution >= 0.6 is 0 Å². The lowest BCUT2D eigenvalue weighted by Gasteiger charge is -2.33. The molecule has 2 N–H and O–H groups in total. The van der Waals surface area contributed by atoms with Crippen LogP contribution in [0.2, 0.25) is 0 Å². The van der Waals surface area contributed by atoms with Crippen molar-refractivity contribution in [1.29, 1.82) is 0 Å². The molecule has 3 aliphatic rings. The molecule has 2 fully saturated rings. The highest BCUT2D eigenvalue weighted by Crippen LogP contribution is 2.41. The van der Waals surface area contributed by atoms with Crippen molar-refractivity contribution in [1.82, 2.24) is 40.1 Å². The summed E-state index contributed by atoms with van der Waals surface area (Å²) < 4.78 is 39.6. The summed E-state index contributed by atoms with van der Waals surface area (Å²) >= 11 is 0. The number of ether oxygens (including phenoxy) is 1. The number of carbonyl (C=O) groups is 4. The van der Waals surface area contributed by atoms with Crippen LogP contribution in [0.3, 0.4) is 0 Å². The van der Waals surface area contributed by atoms with E-state index in [0.29, 0.717) is 78.3 Å². The fourth-order valence-corrected chi connectivity index (χ4v) is 8.74. The van der Waals surface area contributed by atoms with E-state index in [2.05, 4.69) is 31.7 Å². The van der Waals surface area contributed by atoms with Crippen LogP contribution in [0.5, 0.6) is 5.75 Å². The highest BCUT2D eigenvalue weighted by molar-refractivity contribution is 6.05. The molecule has 3 aromatic heterocycles. The van der Waals surface area contributed by atoms with E-state index in [-0.39, 0.29) is 54.1 Å². The SMILES string of the molecule is COc1cc(CCC2CCN(c3ncc(C4CCC(=O)NC4=O)cc3F)CC2)ccc1-c1cc(C2=CCCN(C(=O)CCn3ccnn3)C2)c(F)c2[nH]c(C(=O)N(C)C)cc12. The van der Waals surface area contributed by atoms with Gasteiger partial charge in [-0.3, -0.25) is 29.2 Å². The first-order chi connectivity index (χ1) is 29.5. The molecule has 0 radical (unpaired) electrons. The standard InChI is InChI=1S/C45H49F2N9O5/c1-53(2)45(60)37-24-35-34(23-33(41(47)42(35)50-37)29-5-4-16-55(26-29)40(58)14-19-56-20-15-49-52-56)32-9-8-28(21-38(32)61-3)7-6-27-12-17-54(18-13-27)43-36(46)22-30(25-48-43)31-10-11-39(57)51-44(31)59/h5,8-9,15,20-25,27,31,50H,4,6-7,10-14,16-19,26H2,1-3H3,(H,51,57,59). The number of aromatic nitrogens is 5. The van der Waals surface area contributed by atoms with E-state index in [1.807, 2.05) is 23.1 Å². The third kappa shape index (κ3) is 8.75. The lowest BCUT2D eigenvalue weighted by molar-refractivity contribution is -0.134. The van der Waals surface area contributed by atoms with Crippen molar-refractivity contribution in [2.75, 3.05) is 52.3 Å². The van der Waals surface area contributed by atoms with Crippen molar-refractivity contribution >= 4 is 45.9 Å². The largest absolute Gasteiger partial charge is 0.496 e. The zero-order valence-electron chi connectivity index (χ0n) is 34.5. The predicted molar refractivity (Wildman–Crippen MR) is 225 cm³/mol. The number of anilines is 1. The van der Waals surface area contributed by atoms with Gasteiger partial charge >= 0.3 is 0 Å². The first-order valence-electron chi connectivity index (χ1n) is 20.8. The smallest absolute Gasteiger partial charge is 0.269 e. The van der Waals surface area contributed by atoms with Gasteiger partial charge in [0.2, 0.25) is 17.7 Å². The van der Waals surface area contributed by atoms with E-state index in [1.165, 1.54) is 11.0 Å². The second-order valence-corrected chi connectivity index (χ2v) is 16.3. The molecule has 0 saturated carbocycles. The second kappa shape index (κ2) is 17.6. The van der Waals surface area contributed by atoms with Crippen LogP contribution in [0.25, 0.3) is 27.6 Å². The number of fused-ring (bicyclic) bond motifs is 1. The van der Waals surface area contributed by atoms with Crippen molar-refractivity contribution in [2.24, 2.45) is 5.92 Å². The van der Waals surface area contributed by atoms with Crippen LogP contribution in [0.15, 0.2) is 61.1 Å². The average molecular weight is 834 g/mol. The number of carbonyl (C=O) groups excluding carboxylic acids is 4. The van der Waals surface area contributed by atoms with Crippen LogP contribution in [0.4, 0.5) is 14.6 Å². The van der Waals surface area contributed by atoms with Gasteiger partial charge in [0, 0.05) is 82.0 Å². The number of methoxy groups -OCH3 is 1. The molecule has 14 nitrogen and oxygen atoms in total. The Bertz CT molecular complexity index is 2510. The zero-order chi connectivity index (χ0) is 42.8. The summed E-state index contributed by atoms with van der Waals surface area (Å²) in [6.45, 7) is 2.45. The molecule has 5 aromatic rings. The van der Waals surface area contributed by atoms with Crippen molar-refractivity contribution < 1.29 is 32.7 Å². The molecular weight excluding hydrogens is 785 g/mol. The molecule has 16 heteroatoms. The number of imide groups is 1. The number of hydrogen-bond acceptors (Lipinski definition) is 9. The van der Waals surface area contributed by atoms with Crippen molar-refractivity contribution in [3.05, 3.63) is 95.1 Å². The highest BCUT2D eigenvalue weighted by Gasteiger charge is 2.31. The third-order valence-electron chi connectivity index (χ3n) is 12.2. The van der Waals surface area contributed by atoms with E-state index in [0.717, 1.165) is 36.8 Å². The van der Waals surface area contributed by atoms with Gasteiger partial charge in [-0.1, -0.05) is 23.4 Å². The Morgan fingerprint density at radius 2 is 1.82 bits per heavy atom. The van der Waals surface area contributed by atoms with E-state index in [9.17, 15) is 19.2 Å². The maximum Gasteiger partial charge on any atom is 0.269 e. The summed E-state index contributed by atoms with van der Waals surface area (Å²) in [6.07, 6.45) is 11.6. The number of aromatic amines is 1. The number of H-pyrrole nitrogens is 1. The molecule has 0 spiro atoms. The highest BCUT2D eigenvalue weighted by atomic mass is 19.1. The first-order valence-corrected chi connectivity index (χ1v) is 20.8. The first kappa shape index (κ1) is 41.3. The summed E-state index contributed by atoms with van der Waals surface area (Å²) in [5.74, 6) is -1.34. The van der Waals surface area contributed by atoms with Gasteiger partial charge in [0.1, 0.15) is 11.4 Å². The van der Waals surface area contributed by atoms with E-state index in [1.54, 1.807) is 61.5 Å². The lowest BCUT2D eigenvalue weighted by atomic mass is 9.89. The van der Waals surface area contributed by atoms with Gasteiger partial charge < -0.3 is 24.4 Å². The Morgan fingerprint density at radius 1 is 1.00 bits per heavy atom. The molecule has 4 amide bonds. The number of pyridine rings is 1. The van der Waals surface area contributed by atoms with Crippen LogP contribution in [-0.4, -0.2) is 106 Å². The topological polar surface area (TPSA) is 159 Å². The van der Waals surface area contributed by atoms with Crippen molar-refractivity contribution in [3.8, 4) is 16.9 Å². The Hall–Kier alpha value is -6.45. The van der Waals surface area contributed by atoms with Gasteiger partial charge in [-0.25, -0.2) is 13.8 Å². The lowest BCUT2D eigenvalue weighted by Crippen LogP contribution is -2.39. The fourth-order valence-electron chi connectivity index (χ4n) is 8.74. The number of amides is 4. The van der Waals surface area contributed by atoms with Crippen LogP contribution in [0.1, 0.15) is 78.0 Å². The normalized spacial score (nSPS) is 17.4. The Labute approximate surface area is 351 Å². The number of nitrogens with zero attached hydrogens (tertiary/aromatic N) is 7. The minimum Gasteiger partial charge on any atom is -0.496 e. The van der Waals surface area contributed by atoms with E-state index >= 15 is 8.78 Å². The third-order valence-corrected chi connectivity index (χ3v) is 12.2. The quantitative estimate of drug-likeness (QED) is 0.146. The summed E-state index contributed by atoms with van der Waals surface area (Å²) in [5, 5.41) is 10.6. The van der Waals surface area contributed by atoms with E-state index < -0.39 is 23.5 Å². The molecular formula is C45H49F2N9O5. The summed E-state index contributed by atoms with van der Waals surface area (Å²) in [6, 6.07) is 10.9. The van der Waals surface area contributed by atoms with Gasteiger partial charge in [-0.2, -0.15) is 0 Å². The monoisotopic (exact) mass is 833 g/mol. The number of rotatable bonds is 12. The number of nitrogens with one attached hydrogen (secondary N) is 2. The van der Waals surface area contributed by atoms with Crippen LogP contribution < -0.4 is 15.0 Å². The average Bonchev–Trinajstić information content (AvgIpc) is 3.97. The molecule has 8 rings (SSSR count). The molecule has 0 aliphatic carbocycles. The second-order valence-electron chi connectivity index (χ2n) is 16.3. The maximum atomic E-state index is 16.7. The Morgan fingerprint density at radius 3 is 2.54 bits per heavy atom. The Kier molecular flexibility index (Phi) is 11.9. The van der Waals surface area contributed by atoms with E-state index in [4.69, 9.17) is 4.74 Å². The number of halogens is 2. The van der Waals surface area contributed by atoms with Crippen molar-refractivity contribution in [2.45, 2.75) is 63.8 Å². The molecule has 61 heavy (non-hydrogen) atoms. The molecule has 318 valence electrons. The van der Waals surface area contributed by atoms with Gasteiger partial charge in [0.25, 0.3) is 5.91 Å². The molecule has 2 aromatic carbocycles. The molecule has 6 heterocycles. The molecule has 1 unspecified atom stereocenters. The number of hydrogen-bond donors (Lipinski definition) is 2. The zero-order valence-corrected chi connectivity index (χ0v) is 34.5. The molecule has 1 atom stereocenters. The summed E-state index contributed by atoms with van der Waals surface area (Å²) in [5.41, 5.74) is 4.46. The number of piperidine rings is 2. The van der Waals surface area contributed by atoms with Gasteiger partial charge in [-0.15, -0.1) is 5.10 Å². The van der Waals surface area contributed by atoms with Crippen molar-refractivity contribution in [3.63, 3.8) is 0 Å². The minimum absolute atomic E-state index is 0.0615. The van der Waals surface area contributed by atoms with Gasteiger partial charge in [-0.05, 0) is 91.0 Å². The summed E-state index contributed by atoms with van der Waals surface area (Å²) in [7, 11) is 4.89.